The van der Waals surface area contributed by atoms with Gasteiger partial charge in [0.1, 0.15) is 5.69 Å². The smallest absolute Gasteiger partial charge is 0.292 e. The van der Waals surface area contributed by atoms with Crippen molar-refractivity contribution in [3.05, 3.63) is 58.1 Å². The zero-order chi connectivity index (χ0) is 19.7. The molecule has 140 valence electrons. The second-order valence-corrected chi connectivity index (χ2v) is 8.90. The third-order valence-electron chi connectivity index (χ3n) is 4.85. The fourth-order valence-electron chi connectivity index (χ4n) is 3.12. The van der Waals surface area contributed by atoms with Crippen LogP contribution in [-0.4, -0.2) is 18.1 Å². The summed E-state index contributed by atoms with van der Waals surface area (Å²) in [6.07, 6.45) is 0.607. The highest BCUT2D eigenvalue weighted by molar-refractivity contribution is 7.90. The number of nitrogen functional groups attached to an aromatic ring is 1. The molecule has 4 N–H and O–H groups in total. The molecule has 0 aromatic heterocycles. The highest BCUT2D eigenvalue weighted by atomic mass is 32.2. The van der Waals surface area contributed by atoms with Gasteiger partial charge in [0, 0.05) is 12.0 Å². The number of benzene rings is 2. The molecule has 1 atom stereocenters. The summed E-state index contributed by atoms with van der Waals surface area (Å²) >= 11 is 0. The van der Waals surface area contributed by atoms with E-state index in [2.05, 4.69) is 0 Å². The number of hydrogen-bond acceptors (Lipinski definition) is 5. The van der Waals surface area contributed by atoms with Crippen molar-refractivity contribution in [2.24, 2.45) is 5.14 Å². The largest absolute Gasteiger partial charge is 0.393 e. The van der Waals surface area contributed by atoms with Gasteiger partial charge in [0.05, 0.1) is 9.67 Å². The Hall–Kier alpha value is -2.45. The maximum absolute atomic E-state index is 12.0. The quantitative estimate of drug-likeness (QED) is 0.453. The van der Waals surface area contributed by atoms with Crippen molar-refractivity contribution >= 4 is 21.4 Å². The summed E-state index contributed by atoms with van der Waals surface area (Å²) in [6.45, 7) is 5.15. The Bertz CT molecular complexity index is 922. The van der Waals surface area contributed by atoms with Crippen LogP contribution >= 0.6 is 0 Å². The van der Waals surface area contributed by atoms with Crippen LogP contribution < -0.4 is 10.9 Å². The van der Waals surface area contributed by atoms with E-state index in [0.29, 0.717) is 12.0 Å². The Labute approximate surface area is 153 Å². The molecule has 2 aromatic rings. The van der Waals surface area contributed by atoms with E-state index in [-0.39, 0.29) is 17.3 Å². The van der Waals surface area contributed by atoms with Crippen molar-refractivity contribution < 1.29 is 13.3 Å². The Balaban J connectivity index is 2.42. The van der Waals surface area contributed by atoms with Gasteiger partial charge < -0.3 is 5.73 Å². The van der Waals surface area contributed by atoms with Crippen LogP contribution in [0, 0.1) is 10.1 Å². The van der Waals surface area contributed by atoms with Crippen LogP contribution in [0.3, 0.4) is 0 Å². The molecule has 0 radical (unpaired) electrons. The summed E-state index contributed by atoms with van der Waals surface area (Å²) in [4.78, 5) is 10.5. The summed E-state index contributed by atoms with van der Waals surface area (Å²) in [6, 6.07) is 11.9. The first-order chi connectivity index (χ1) is 12.0. The molecule has 0 saturated carbocycles. The normalized spacial score (nSPS) is 13.4. The summed E-state index contributed by atoms with van der Waals surface area (Å²) in [5.74, 6) is -0.271. The van der Waals surface area contributed by atoms with Gasteiger partial charge in [-0.25, -0.2) is 13.6 Å². The molecular formula is C18H23N3O4S. The highest BCUT2D eigenvalue weighted by Gasteiger charge is 2.39. The number of sulfonamides is 1. The first kappa shape index (κ1) is 19.9. The maximum Gasteiger partial charge on any atom is 0.292 e. The van der Waals surface area contributed by atoms with Gasteiger partial charge in [-0.1, -0.05) is 37.3 Å². The lowest BCUT2D eigenvalue weighted by Crippen LogP contribution is -2.42. The molecule has 0 aliphatic carbocycles. The molecule has 0 aliphatic rings. The van der Waals surface area contributed by atoms with E-state index in [0.717, 1.165) is 11.1 Å². The van der Waals surface area contributed by atoms with Gasteiger partial charge in [-0.3, -0.25) is 10.1 Å². The van der Waals surface area contributed by atoms with Crippen LogP contribution in [0.5, 0.6) is 0 Å². The van der Waals surface area contributed by atoms with E-state index in [1.165, 1.54) is 12.1 Å². The summed E-state index contributed by atoms with van der Waals surface area (Å²) in [5, 5.41) is 16.5. The standard InChI is InChI=1S/C18H23N3O4S/c1-4-15(18(2,3)26(20,24)25)13-7-5-12(6-8-13)14-9-10-16(19)17(11-14)21(22)23/h5-11,15H,4,19H2,1-3H3,(H2,20,24,25). The van der Waals surface area contributed by atoms with Crippen LogP contribution in [0.1, 0.15) is 38.7 Å². The molecule has 0 spiro atoms. The summed E-state index contributed by atoms with van der Waals surface area (Å²) in [7, 11) is -3.73. The Kier molecular flexibility index (Phi) is 5.39. The number of nitro groups is 1. The van der Waals surface area contributed by atoms with Crippen LogP contribution in [0.25, 0.3) is 11.1 Å². The fourth-order valence-corrected chi connectivity index (χ4v) is 3.82. The van der Waals surface area contributed by atoms with Crippen molar-refractivity contribution in [3.63, 3.8) is 0 Å². The van der Waals surface area contributed by atoms with E-state index in [9.17, 15) is 18.5 Å². The van der Waals surface area contributed by atoms with Crippen LogP contribution in [0.15, 0.2) is 42.5 Å². The number of rotatable bonds is 6. The lowest BCUT2D eigenvalue weighted by molar-refractivity contribution is -0.383. The first-order valence-corrected chi connectivity index (χ1v) is 9.70. The van der Waals surface area contributed by atoms with E-state index in [1.807, 2.05) is 31.2 Å². The number of anilines is 1. The second kappa shape index (κ2) is 7.05. The molecule has 0 heterocycles. The summed E-state index contributed by atoms with van der Waals surface area (Å²) in [5.41, 5.74) is 7.88. The maximum atomic E-state index is 12.0. The van der Waals surface area contributed by atoms with Gasteiger partial charge in [-0.05, 0) is 43.0 Å². The van der Waals surface area contributed by atoms with Gasteiger partial charge in [0.2, 0.25) is 10.0 Å². The van der Waals surface area contributed by atoms with Gasteiger partial charge >= 0.3 is 0 Å². The minimum absolute atomic E-state index is 0.108. The monoisotopic (exact) mass is 377 g/mol. The van der Waals surface area contributed by atoms with Crippen molar-refractivity contribution in [2.45, 2.75) is 37.9 Å². The van der Waals surface area contributed by atoms with Gasteiger partial charge in [-0.2, -0.15) is 0 Å². The van der Waals surface area contributed by atoms with Crippen molar-refractivity contribution in [2.75, 3.05) is 5.73 Å². The average molecular weight is 377 g/mol. The number of hydrogen-bond donors (Lipinski definition) is 2. The van der Waals surface area contributed by atoms with Gasteiger partial charge in [0.25, 0.3) is 5.69 Å². The number of primary sulfonamides is 1. The van der Waals surface area contributed by atoms with E-state index < -0.39 is 19.7 Å². The van der Waals surface area contributed by atoms with Gasteiger partial charge in [-0.15, -0.1) is 0 Å². The van der Waals surface area contributed by atoms with E-state index in [1.54, 1.807) is 19.9 Å². The molecular weight excluding hydrogens is 354 g/mol. The Morgan fingerprint density at radius 3 is 2.12 bits per heavy atom. The Morgan fingerprint density at radius 1 is 1.12 bits per heavy atom. The number of nitrogens with two attached hydrogens (primary N) is 2. The van der Waals surface area contributed by atoms with Crippen LogP contribution in [0.2, 0.25) is 0 Å². The Morgan fingerprint density at radius 2 is 1.65 bits per heavy atom. The minimum Gasteiger partial charge on any atom is -0.393 e. The SMILES string of the molecule is CCC(c1ccc(-c2ccc(N)c([N+](=O)[O-])c2)cc1)C(C)(C)S(N)(=O)=O. The van der Waals surface area contributed by atoms with Crippen molar-refractivity contribution in [3.8, 4) is 11.1 Å². The molecule has 2 aromatic carbocycles. The molecule has 0 aliphatic heterocycles. The molecule has 7 nitrogen and oxygen atoms in total. The van der Waals surface area contributed by atoms with Crippen molar-refractivity contribution in [1.29, 1.82) is 0 Å². The molecule has 1 unspecified atom stereocenters. The van der Waals surface area contributed by atoms with Gasteiger partial charge in [0.15, 0.2) is 0 Å². The fraction of sp³-hybridized carbons (Fsp3) is 0.333. The van der Waals surface area contributed by atoms with Crippen molar-refractivity contribution in [1.82, 2.24) is 0 Å². The first-order valence-electron chi connectivity index (χ1n) is 8.15. The summed E-state index contributed by atoms with van der Waals surface area (Å²) < 4.78 is 22.8. The third-order valence-corrected chi connectivity index (χ3v) is 6.61. The van der Waals surface area contributed by atoms with E-state index >= 15 is 0 Å². The predicted octanol–water partition coefficient (Wildman–Crippen LogP) is 3.40. The second-order valence-electron chi connectivity index (χ2n) is 6.76. The topological polar surface area (TPSA) is 129 Å². The van der Waals surface area contributed by atoms with E-state index in [4.69, 9.17) is 10.9 Å². The molecule has 2 rings (SSSR count). The highest BCUT2D eigenvalue weighted by Crippen LogP contribution is 2.37. The van der Waals surface area contributed by atoms with Crippen LogP contribution in [-0.2, 0) is 10.0 Å². The third kappa shape index (κ3) is 3.71. The number of nitrogens with zero attached hydrogens (tertiary/aromatic N) is 1. The predicted molar refractivity (Wildman–Crippen MR) is 103 cm³/mol. The zero-order valence-electron chi connectivity index (χ0n) is 15.0. The molecule has 8 heteroatoms. The molecule has 26 heavy (non-hydrogen) atoms. The lowest BCUT2D eigenvalue weighted by atomic mass is 9.85. The molecule has 0 saturated heterocycles. The van der Waals surface area contributed by atoms with Crippen LogP contribution in [0.4, 0.5) is 11.4 Å². The zero-order valence-corrected chi connectivity index (χ0v) is 15.8. The average Bonchev–Trinajstić information content (AvgIpc) is 2.55. The number of nitro benzene ring substituents is 1. The lowest BCUT2D eigenvalue weighted by Gasteiger charge is -2.32. The molecule has 0 bridgehead atoms. The molecule has 0 fully saturated rings. The minimum atomic E-state index is -3.73. The molecule has 0 amide bonds.